The fourth-order valence-corrected chi connectivity index (χ4v) is 4.80. The van der Waals surface area contributed by atoms with E-state index in [4.69, 9.17) is 9.84 Å². The van der Waals surface area contributed by atoms with Crippen LogP contribution in [0.4, 0.5) is 0 Å². The number of aliphatic carboxylic acids is 1. The molecule has 4 fully saturated rings. The lowest BCUT2D eigenvalue weighted by molar-refractivity contribution is -0.147. The summed E-state index contributed by atoms with van der Waals surface area (Å²) in [5, 5.41) is 8.49. The molecular weight excluding hydrogens is 244 g/mol. The third-order valence-corrected chi connectivity index (χ3v) is 5.00. The van der Waals surface area contributed by atoms with Gasteiger partial charge in [0.2, 0.25) is 0 Å². The van der Waals surface area contributed by atoms with Crippen molar-refractivity contribution in [2.75, 3.05) is 0 Å². The van der Waals surface area contributed by atoms with Crippen molar-refractivity contribution in [2.24, 2.45) is 23.2 Å². The molecule has 0 heterocycles. The van der Waals surface area contributed by atoms with E-state index < -0.39 is 18.4 Å². The first-order valence-corrected chi connectivity index (χ1v) is 7.14. The Morgan fingerprint density at radius 1 is 1.11 bits per heavy atom. The molecule has 0 aromatic heterocycles. The summed E-state index contributed by atoms with van der Waals surface area (Å²) in [4.78, 5) is 21.6. The van der Waals surface area contributed by atoms with Gasteiger partial charge >= 0.3 is 11.9 Å². The highest BCUT2D eigenvalue weighted by atomic mass is 16.5. The lowest BCUT2D eigenvalue weighted by Crippen LogP contribution is -2.45. The Labute approximate surface area is 112 Å². The molecule has 0 aromatic rings. The smallest absolute Gasteiger partial charge is 0.321 e. The van der Waals surface area contributed by atoms with Crippen LogP contribution in [-0.4, -0.2) is 17.0 Å². The molecular formula is C15H20O4. The van der Waals surface area contributed by atoms with Crippen molar-refractivity contribution in [3.05, 3.63) is 12.3 Å². The Bertz CT molecular complexity index is 389. The van der Waals surface area contributed by atoms with Gasteiger partial charge in [-0.3, -0.25) is 9.59 Å². The van der Waals surface area contributed by atoms with Crippen LogP contribution in [0.25, 0.3) is 0 Å². The van der Waals surface area contributed by atoms with E-state index in [2.05, 4.69) is 0 Å². The van der Waals surface area contributed by atoms with E-state index >= 15 is 0 Å². The lowest BCUT2D eigenvalue weighted by atomic mass is 9.50. The van der Waals surface area contributed by atoms with E-state index in [0.29, 0.717) is 0 Å². The van der Waals surface area contributed by atoms with Crippen LogP contribution in [0.15, 0.2) is 12.3 Å². The minimum atomic E-state index is -1.15. The number of carboxylic acids is 1. The standard InChI is InChI=1S/C15H20O4/c16-13(17)6-14(18)19-2-1-15-7-10-3-11(8-15)5-12(4-10)9-15/h1-2,10-12H,3-9H2,(H,16,17). The van der Waals surface area contributed by atoms with Gasteiger partial charge in [-0.1, -0.05) is 0 Å². The molecule has 0 spiro atoms. The molecule has 4 aliphatic rings. The molecule has 0 radical (unpaired) electrons. The maximum Gasteiger partial charge on any atom is 0.321 e. The van der Waals surface area contributed by atoms with E-state index in [9.17, 15) is 9.59 Å². The summed E-state index contributed by atoms with van der Waals surface area (Å²) in [6, 6.07) is 0. The number of carboxylic acid groups (broad SMARTS) is 1. The second kappa shape index (κ2) is 4.66. The summed E-state index contributed by atoms with van der Waals surface area (Å²) in [6.45, 7) is 0. The molecule has 1 N–H and O–H groups in total. The van der Waals surface area contributed by atoms with Crippen LogP contribution in [0, 0.1) is 23.2 Å². The van der Waals surface area contributed by atoms with Crippen molar-refractivity contribution in [1.29, 1.82) is 0 Å². The molecule has 4 bridgehead atoms. The minimum absolute atomic E-state index is 0.220. The predicted octanol–water partition coefficient (Wildman–Crippen LogP) is 2.73. The number of rotatable bonds is 4. The van der Waals surface area contributed by atoms with Crippen LogP contribution in [0.1, 0.15) is 44.9 Å². The van der Waals surface area contributed by atoms with E-state index in [0.717, 1.165) is 17.8 Å². The van der Waals surface area contributed by atoms with Gasteiger partial charge in [-0.2, -0.15) is 0 Å². The lowest BCUT2D eigenvalue weighted by Gasteiger charge is -2.55. The van der Waals surface area contributed by atoms with Gasteiger partial charge in [-0.25, -0.2) is 0 Å². The topological polar surface area (TPSA) is 63.6 Å². The Kier molecular flexibility index (Phi) is 3.11. The van der Waals surface area contributed by atoms with Gasteiger partial charge in [0.25, 0.3) is 0 Å². The van der Waals surface area contributed by atoms with Gasteiger partial charge in [0.15, 0.2) is 0 Å². The summed E-state index contributed by atoms with van der Waals surface area (Å²) < 4.78 is 4.89. The van der Waals surface area contributed by atoms with Crippen molar-refractivity contribution in [2.45, 2.75) is 44.9 Å². The zero-order chi connectivity index (χ0) is 13.5. The third kappa shape index (κ3) is 2.67. The molecule has 0 saturated heterocycles. The van der Waals surface area contributed by atoms with Crippen LogP contribution in [-0.2, 0) is 14.3 Å². The zero-order valence-electron chi connectivity index (χ0n) is 11.0. The molecule has 0 amide bonds. The van der Waals surface area contributed by atoms with Crippen LogP contribution >= 0.6 is 0 Å². The largest absolute Gasteiger partial charge is 0.481 e. The maximum absolute atomic E-state index is 11.2. The number of ether oxygens (including phenoxy) is 1. The SMILES string of the molecule is O=C(O)CC(=O)OC=CC12CC3CC(CC(C3)C1)C2. The summed E-state index contributed by atoms with van der Waals surface area (Å²) in [7, 11) is 0. The molecule has 19 heavy (non-hydrogen) atoms. The Morgan fingerprint density at radius 3 is 2.11 bits per heavy atom. The number of carbonyl (C=O) groups is 2. The number of hydrogen-bond acceptors (Lipinski definition) is 3. The molecule has 4 aliphatic carbocycles. The number of allylic oxidation sites excluding steroid dienone is 1. The second-order valence-corrected chi connectivity index (χ2v) is 6.64. The van der Waals surface area contributed by atoms with Gasteiger partial charge in [-0.15, -0.1) is 0 Å². The van der Waals surface area contributed by atoms with Crippen molar-refractivity contribution < 1.29 is 19.4 Å². The summed E-state index contributed by atoms with van der Waals surface area (Å²) in [5.41, 5.74) is 0.220. The van der Waals surface area contributed by atoms with Crippen molar-refractivity contribution in [3.63, 3.8) is 0 Å². The van der Waals surface area contributed by atoms with E-state index in [1.807, 2.05) is 6.08 Å². The molecule has 0 aromatic carbocycles. The first-order valence-electron chi connectivity index (χ1n) is 7.14. The fourth-order valence-electron chi connectivity index (χ4n) is 4.80. The Hall–Kier alpha value is -1.32. The highest BCUT2D eigenvalue weighted by molar-refractivity contribution is 5.90. The van der Waals surface area contributed by atoms with Gasteiger partial charge in [-0.05, 0) is 67.8 Å². The predicted molar refractivity (Wildman–Crippen MR) is 68.1 cm³/mol. The Morgan fingerprint density at radius 2 is 1.63 bits per heavy atom. The molecule has 4 saturated carbocycles. The third-order valence-electron chi connectivity index (χ3n) is 5.00. The van der Waals surface area contributed by atoms with Crippen LogP contribution in [0.2, 0.25) is 0 Å². The monoisotopic (exact) mass is 264 g/mol. The second-order valence-electron chi connectivity index (χ2n) is 6.64. The first-order chi connectivity index (χ1) is 9.05. The minimum Gasteiger partial charge on any atom is -0.481 e. The molecule has 0 aliphatic heterocycles. The van der Waals surface area contributed by atoms with Gasteiger partial charge in [0, 0.05) is 0 Å². The van der Waals surface area contributed by atoms with Crippen LogP contribution in [0.3, 0.4) is 0 Å². The summed E-state index contributed by atoms with van der Waals surface area (Å²) in [6.07, 6.45) is 10.7. The summed E-state index contributed by atoms with van der Waals surface area (Å²) in [5.74, 6) is 0.726. The van der Waals surface area contributed by atoms with E-state index in [1.54, 1.807) is 0 Å². The Balaban J connectivity index is 1.60. The van der Waals surface area contributed by atoms with E-state index in [1.165, 1.54) is 44.8 Å². The molecule has 104 valence electrons. The quantitative estimate of drug-likeness (QED) is 0.482. The maximum atomic E-state index is 11.2. The summed E-state index contributed by atoms with van der Waals surface area (Å²) >= 11 is 0. The van der Waals surface area contributed by atoms with Crippen molar-refractivity contribution >= 4 is 11.9 Å². The normalized spacial score (nSPS) is 39.7. The fraction of sp³-hybridized carbons (Fsp3) is 0.733. The van der Waals surface area contributed by atoms with Crippen LogP contribution in [0.5, 0.6) is 0 Å². The van der Waals surface area contributed by atoms with Crippen LogP contribution < -0.4 is 0 Å². The molecule has 0 unspecified atom stereocenters. The number of carbonyl (C=O) groups excluding carboxylic acids is 1. The average molecular weight is 264 g/mol. The highest BCUT2D eigenvalue weighted by Gasteiger charge is 2.49. The van der Waals surface area contributed by atoms with Crippen molar-refractivity contribution in [1.82, 2.24) is 0 Å². The van der Waals surface area contributed by atoms with E-state index in [-0.39, 0.29) is 5.41 Å². The molecule has 4 rings (SSSR count). The van der Waals surface area contributed by atoms with Crippen molar-refractivity contribution in [3.8, 4) is 0 Å². The molecule has 0 atom stereocenters. The first kappa shape index (κ1) is 12.7. The number of esters is 1. The van der Waals surface area contributed by atoms with Gasteiger partial charge < -0.3 is 9.84 Å². The average Bonchev–Trinajstić information content (AvgIpc) is 2.25. The van der Waals surface area contributed by atoms with Gasteiger partial charge in [0.1, 0.15) is 6.42 Å². The zero-order valence-corrected chi connectivity index (χ0v) is 11.0. The molecule has 4 nitrogen and oxygen atoms in total. The van der Waals surface area contributed by atoms with Gasteiger partial charge in [0.05, 0.1) is 6.26 Å². The number of hydrogen-bond donors (Lipinski definition) is 1. The highest BCUT2D eigenvalue weighted by Crippen LogP contribution is 2.60. The molecule has 4 heteroatoms.